The number of phenolic OH excluding ortho intramolecular Hbond substituents is 1. The zero-order valence-corrected chi connectivity index (χ0v) is 10.2. The van der Waals surface area contributed by atoms with Gasteiger partial charge < -0.3 is 25.5 Å². The van der Waals surface area contributed by atoms with E-state index in [2.05, 4.69) is 5.32 Å². The van der Waals surface area contributed by atoms with Crippen molar-refractivity contribution in [1.29, 1.82) is 0 Å². The Labute approximate surface area is 105 Å². The monoisotopic (exact) mass is 254 g/mol. The van der Waals surface area contributed by atoms with Gasteiger partial charge in [-0.25, -0.2) is 4.79 Å². The largest absolute Gasteiger partial charge is 0.508 e. The Balaban J connectivity index is 2.38. The first-order chi connectivity index (χ1) is 8.52. The molecule has 1 atom stereocenters. The van der Waals surface area contributed by atoms with Gasteiger partial charge in [0.25, 0.3) is 0 Å². The maximum atomic E-state index is 11.6. The van der Waals surface area contributed by atoms with E-state index in [-0.39, 0.29) is 24.9 Å². The number of carbonyl (C=O) groups is 1. The number of phenols is 1. The summed E-state index contributed by atoms with van der Waals surface area (Å²) in [6.07, 6.45) is -0.936. The fraction of sp³-hybridized carbons (Fsp3) is 0.417. The highest BCUT2D eigenvalue weighted by atomic mass is 16.3. The van der Waals surface area contributed by atoms with Crippen molar-refractivity contribution in [3.8, 4) is 5.75 Å². The summed E-state index contributed by atoms with van der Waals surface area (Å²) in [4.78, 5) is 12.9. The zero-order chi connectivity index (χ0) is 13.5. The third kappa shape index (κ3) is 4.60. The number of likely N-dealkylation sites (N-methyl/N-ethyl adjacent to an activating group) is 1. The molecular weight excluding hydrogens is 236 g/mol. The lowest BCUT2D eigenvalue weighted by Gasteiger charge is -2.20. The van der Waals surface area contributed by atoms with Crippen LogP contribution in [-0.4, -0.2) is 52.6 Å². The molecule has 4 N–H and O–H groups in total. The summed E-state index contributed by atoms with van der Waals surface area (Å²) in [5, 5.41) is 29.6. The minimum atomic E-state index is -0.936. The van der Waals surface area contributed by atoms with Crippen LogP contribution in [0.5, 0.6) is 5.75 Å². The van der Waals surface area contributed by atoms with E-state index < -0.39 is 6.10 Å². The van der Waals surface area contributed by atoms with E-state index >= 15 is 0 Å². The maximum absolute atomic E-state index is 11.6. The molecule has 0 aromatic heterocycles. The summed E-state index contributed by atoms with van der Waals surface area (Å²) >= 11 is 0. The number of nitrogens with zero attached hydrogens (tertiary/aromatic N) is 1. The Morgan fingerprint density at radius 3 is 2.56 bits per heavy atom. The van der Waals surface area contributed by atoms with Crippen molar-refractivity contribution < 1.29 is 20.1 Å². The van der Waals surface area contributed by atoms with Gasteiger partial charge in [0.05, 0.1) is 19.3 Å². The molecule has 0 saturated heterocycles. The molecule has 1 rings (SSSR count). The number of aliphatic hydroxyl groups excluding tert-OH is 2. The summed E-state index contributed by atoms with van der Waals surface area (Å²) in [5.41, 5.74) is 0.859. The second-order valence-corrected chi connectivity index (χ2v) is 4.04. The van der Waals surface area contributed by atoms with Gasteiger partial charge in [-0.05, 0) is 17.7 Å². The topological polar surface area (TPSA) is 93.0 Å². The van der Waals surface area contributed by atoms with Crippen LogP contribution in [0.25, 0.3) is 0 Å². The Hall–Kier alpha value is -1.79. The van der Waals surface area contributed by atoms with Crippen LogP contribution in [0.3, 0.4) is 0 Å². The van der Waals surface area contributed by atoms with Crippen molar-refractivity contribution in [3.05, 3.63) is 29.8 Å². The quantitative estimate of drug-likeness (QED) is 0.589. The van der Waals surface area contributed by atoms with Crippen LogP contribution >= 0.6 is 0 Å². The minimum absolute atomic E-state index is 0.0674. The third-order valence-electron chi connectivity index (χ3n) is 2.42. The normalized spacial score (nSPS) is 11.9. The molecule has 2 amide bonds. The first-order valence-electron chi connectivity index (χ1n) is 5.58. The fourth-order valence-electron chi connectivity index (χ4n) is 1.38. The van der Waals surface area contributed by atoms with Gasteiger partial charge in [-0.15, -0.1) is 0 Å². The van der Waals surface area contributed by atoms with Crippen LogP contribution < -0.4 is 5.32 Å². The summed E-state index contributed by atoms with van der Waals surface area (Å²) < 4.78 is 0. The van der Waals surface area contributed by atoms with E-state index in [1.807, 2.05) is 0 Å². The first-order valence-corrected chi connectivity index (χ1v) is 5.58. The van der Waals surface area contributed by atoms with Gasteiger partial charge in [-0.3, -0.25) is 0 Å². The smallest absolute Gasteiger partial charge is 0.317 e. The summed E-state index contributed by atoms with van der Waals surface area (Å²) in [7, 11) is 1.53. The average molecular weight is 254 g/mol. The molecule has 0 spiro atoms. The number of nitrogens with one attached hydrogen (secondary N) is 1. The van der Waals surface area contributed by atoms with Crippen molar-refractivity contribution in [3.63, 3.8) is 0 Å². The van der Waals surface area contributed by atoms with Gasteiger partial charge in [0.15, 0.2) is 0 Å². The van der Waals surface area contributed by atoms with E-state index in [1.165, 1.54) is 11.9 Å². The number of hydrogen-bond acceptors (Lipinski definition) is 4. The van der Waals surface area contributed by atoms with Crippen molar-refractivity contribution in [2.24, 2.45) is 0 Å². The number of aliphatic hydroxyl groups is 2. The van der Waals surface area contributed by atoms with Crippen LogP contribution in [0.15, 0.2) is 24.3 Å². The van der Waals surface area contributed by atoms with Gasteiger partial charge in [0.2, 0.25) is 0 Å². The van der Waals surface area contributed by atoms with E-state index in [4.69, 9.17) is 10.2 Å². The zero-order valence-electron chi connectivity index (χ0n) is 10.2. The molecular formula is C12H18N2O4. The molecule has 0 fully saturated rings. The second kappa shape index (κ2) is 6.83. The van der Waals surface area contributed by atoms with Gasteiger partial charge in [0.1, 0.15) is 5.75 Å². The molecule has 0 bridgehead atoms. The second-order valence-electron chi connectivity index (χ2n) is 4.04. The predicted octanol–water partition coefficient (Wildman–Crippen LogP) is -0.113. The molecule has 0 radical (unpaired) electrons. The number of rotatable bonds is 5. The lowest BCUT2D eigenvalue weighted by atomic mass is 10.2. The molecule has 100 valence electrons. The number of carbonyl (C=O) groups excluding carboxylic acids is 1. The van der Waals surface area contributed by atoms with Crippen molar-refractivity contribution in [2.75, 3.05) is 20.2 Å². The number of benzene rings is 1. The Bertz CT molecular complexity index is 380. The number of aromatic hydroxyl groups is 1. The lowest BCUT2D eigenvalue weighted by Crippen LogP contribution is -2.41. The van der Waals surface area contributed by atoms with Crippen LogP contribution in [0.1, 0.15) is 5.56 Å². The highest BCUT2D eigenvalue weighted by Gasteiger charge is 2.12. The third-order valence-corrected chi connectivity index (χ3v) is 2.42. The molecule has 6 nitrogen and oxygen atoms in total. The van der Waals surface area contributed by atoms with Gasteiger partial charge in [-0.1, -0.05) is 12.1 Å². The lowest BCUT2D eigenvalue weighted by molar-refractivity contribution is 0.0732. The average Bonchev–Trinajstić information content (AvgIpc) is 2.37. The molecule has 0 aliphatic rings. The number of amides is 2. The van der Waals surface area contributed by atoms with Crippen molar-refractivity contribution in [1.82, 2.24) is 10.2 Å². The molecule has 0 aliphatic carbocycles. The molecule has 1 unspecified atom stereocenters. The van der Waals surface area contributed by atoms with Gasteiger partial charge in [-0.2, -0.15) is 0 Å². The minimum Gasteiger partial charge on any atom is -0.508 e. The first kappa shape index (κ1) is 14.3. The fourth-order valence-corrected chi connectivity index (χ4v) is 1.38. The van der Waals surface area contributed by atoms with E-state index in [1.54, 1.807) is 24.3 Å². The standard InChI is InChI=1S/C12H18N2O4/c1-14(7-11(17)8-15)12(18)13-6-9-2-4-10(16)5-3-9/h2-5,11,15-17H,6-8H2,1H3,(H,13,18). The number of hydrogen-bond donors (Lipinski definition) is 4. The Kier molecular flexibility index (Phi) is 5.41. The highest BCUT2D eigenvalue weighted by Crippen LogP contribution is 2.09. The maximum Gasteiger partial charge on any atom is 0.317 e. The summed E-state index contributed by atoms with van der Waals surface area (Å²) in [6, 6.07) is 6.16. The van der Waals surface area contributed by atoms with Crippen LogP contribution in [-0.2, 0) is 6.54 Å². The molecule has 6 heteroatoms. The molecule has 1 aromatic carbocycles. The molecule has 0 heterocycles. The van der Waals surface area contributed by atoms with Crippen LogP contribution in [0.4, 0.5) is 4.79 Å². The molecule has 1 aromatic rings. The van der Waals surface area contributed by atoms with Crippen LogP contribution in [0.2, 0.25) is 0 Å². The molecule has 0 aliphatic heterocycles. The SMILES string of the molecule is CN(CC(O)CO)C(=O)NCc1ccc(O)cc1. The molecule has 18 heavy (non-hydrogen) atoms. The van der Waals surface area contributed by atoms with E-state index in [0.29, 0.717) is 6.54 Å². The van der Waals surface area contributed by atoms with Crippen LogP contribution in [0, 0.1) is 0 Å². The predicted molar refractivity (Wildman–Crippen MR) is 66.1 cm³/mol. The number of urea groups is 1. The van der Waals surface area contributed by atoms with Crippen molar-refractivity contribution in [2.45, 2.75) is 12.6 Å². The highest BCUT2D eigenvalue weighted by molar-refractivity contribution is 5.73. The summed E-state index contributed by atoms with van der Waals surface area (Å²) in [5.74, 6) is 0.174. The van der Waals surface area contributed by atoms with Gasteiger partial charge >= 0.3 is 6.03 Å². The van der Waals surface area contributed by atoms with E-state index in [0.717, 1.165) is 5.56 Å². The Morgan fingerprint density at radius 2 is 2.00 bits per heavy atom. The molecule has 0 saturated carbocycles. The Morgan fingerprint density at radius 1 is 1.39 bits per heavy atom. The summed E-state index contributed by atoms with van der Waals surface area (Å²) in [6.45, 7) is 0.0200. The van der Waals surface area contributed by atoms with E-state index in [9.17, 15) is 9.90 Å². The van der Waals surface area contributed by atoms with Gasteiger partial charge in [0, 0.05) is 13.6 Å². The van der Waals surface area contributed by atoms with Crippen molar-refractivity contribution >= 4 is 6.03 Å².